The monoisotopic (exact) mass is 350 g/mol. The summed E-state index contributed by atoms with van der Waals surface area (Å²) in [4.78, 5) is 28.3. The molecule has 2 atom stereocenters. The van der Waals surface area contributed by atoms with Crippen molar-refractivity contribution in [2.24, 2.45) is 5.92 Å². The van der Waals surface area contributed by atoms with Crippen molar-refractivity contribution in [1.29, 1.82) is 0 Å². The molecule has 1 heterocycles. The number of nitrogens with zero attached hydrogens (tertiary/aromatic N) is 2. The van der Waals surface area contributed by atoms with Gasteiger partial charge in [-0.1, -0.05) is 18.2 Å². The summed E-state index contributed by atoms with van der Waals surface area (Å²) in [6.07, 6.45) is 1.95. The minimum Gasteiger partial charge on any atom is -0.341 e. The van der Waals surface area contributed by atoms with E-state index < -0.39 is 0 Å². The van der Waals surface area contributed by atoms with Crippen LogP contribution >= 0.6 is 11.8 Å². The number of halogens is 1. The maximum Gasteiger partial charge on any atom is 0.236 e. The number of thioether (sulfide) groups is 1. The topological polar surface area (TPSA) is 40.6 Å². The maximum atomic E-state index is 14.2. The van der Waals surface area contributed by atoms with E-state index in [4.69, 9.17) is 0 Å². The lowest BCUT2D eigenvalue weighted by atomic mass is 10.2. The zero-order chi connectivity index (χ0) is 17.3. The van der Waals surface area contributed by atoms with Crippen LogP contribution in [0.5, 0.6) is 0 Å². The predicted octanol–water partition coefficient (Wildman–Crippen LogP) is 3.05. The fraction of sp³-hybridized carbons (Fsp3) is 0.556. The summed E-state index contributed by atoms with van der Waals surface area (Å²) in [5.74, 6) is 0.0914. The molecule has 4 nitrogen and oxygen atoms in total. The molecule has 1 saturated heterocycles. The van der Waals surface area contributed by atoms with Gasteiger partial charge < -0.3 is 9.80 Å². The van der Waals surface area contributed by atoms with Gasteiger partial charge in [-0.3, -0.25) is 9.59 Å². The number of rotatable bonds is 6. The highest BCUT2D eigenvalue weighted by atomic mass is 32.2. The minimum absolute atomic E-state index is 0.0168. The van der Waals surface area contributed by atoms with Gasteiger partial charge in [0, 0.05) is 31.1 Å². The lowest BCUT2D eigenvalue weighted by Crippen LogP contribution is -2.41. The molecular formula is C18H23FN2O2S. The molecule has 1 aromatic carbocycles. The normalized spacial score (nSPS) is 23.6. The Morgan fingerprint density at radius 3 is 2.71 bits per heavy atom. The molecule has 130 valence electrons. The van der Waals surface area contributed by atoms with Crippen LogP contribution in [0.2, 0.25) is 0 Å². The highest BCUT2D eigenvalue weighted by molar-refractivity contribution is 8.01. The largest absolute Gasteiger partial charge is 0.341 e. The van der Waals surface area contributed by atoms with E-state index in [0.29, 0.717) is 25.2 Å². The maximum absolute atomic E-state index is 14.2. The second-order valence-corrected chi connectivity index (χ2v) is 7.80. The number of hydrogen-bond acceptors (Lipinski definition) is 3. The summed E-state index contributed by atoms with van der Waals surface area (Å²) >= 11 is 1.47. The van der Waals surface area contributed by atoms with Gasteiger partial charge in [0.15, 0.2) is 0 Å². The highest BCUT2D eigenvalue weighted by Gasteiger charge is 2.40. The fourth-order valence-electron chi connectivity index (χ4n) is 3.06. The van der Waals surface area contributed by atoms with Gasteiger partial charge in [0.25, 0.3) is 0 Å². The van der Waals surface area contributed by atoms with Crippen molar-refractivity contribution in [1.82, 2.24) is 9.80 Å². The van der Waals surface area contributed by atoms with E-state index in [1.165, 1.54) is 17.8 Å². The summed E-state index contributed by atoms with van der Waals surface area (Å²) in [7, 11) is 0. The zero-order valence-electron chi connectivity index (χ0n) is 14.1. The summed E-state index contributed by atoms with van der Waals surface area (Å²) in [5.41, 5.74) is 0.539. The summed E-state index contributed by atoms with van der Waals surface area (Å²) < 4.78 is 14.2. The number of carbonyl (C=O) groups excluding carboxylic acids is 2. The van der Waals surface area contributed by atoms with Crippen molar-refractivity contribution in [3.8, 4) is 0 Å². The summed E-state index contributed by atoms with van der Waals surface area (Å²) in [6.45, 7) is 5.41. The minimum atomic E-state index is -0.316. The molecule has 0 bridgehead atoms. The molecule has 6 heteroatoms. The average Bonchev–Trinajstić information content (AvgIpc) is 3.38. The van der Waals surface area contributed by atoms with Crippen LogP contribution in [-0.4, -0.2) is 46.5 Å². The van der Waals surface area contributed by atoms with Crippen molar-refractivity contribution in [3.63, 3.8) is 0 Å². The Morgan fingerprint density at radius 1 is 1.38 bits per heavy atom. The molecule has 0 N–H and O–H groups in total. The van der Waals surface area contributed by atoms with E-state index in [1.54, 1.807) is 23.1 Å². The second kappa shape index (κ2) is 7.13. The molecule has 0 radical (unpaired) electrons. The smallest absolute Gasteiger partial charge is 0.236 e. The van der Waals surface area contributed by atoms with Crippen molar-refractivity contribution in [2.75, 3.05) is 19.6 Å². The molecule has 0 aromatic heterocycles. The van der Waals surface area contributed by atoms with Crippen LogP contribution in [0, 0.1) is 11.7 Å². The van der Waals surface area contributed by atoms with Gasteiger partial charge >= 0.3 is 0 Å². The van der Waals surface area contributed by atoms with Crippen LogP contribution in [0.4, 0.5) is 4.39 Å². The van der Waals surface area contributed by atoms with E-state index in [9.17, 15) is 14.0 Å². The van der Waals surface area contributed by atoms with E-state index in [-0.39, 0.29) is 34.2 Å². The summed E-state index contributed by atoms with van der Waals surface area (Å²) in [5, 5.41) is -0.507. The second-order valence-electron chi connectivity index (χ2n) is 6.38. The van der Waals surface area contributed by atoms with Gasteiger partial charge in [-0.05, 0) is 32.8 Å². The number of amides is 2. The third-order valence-electron chi connectivity index (χ3n) is 4.65. The molecule has 1 aliphatic carbocycles. The third-order valence-corrected chi connectivity index (χ3v) is 6.03. The van der Waals surface area contributed by atoms with Gasteiger partial charge in [0.2, 0.25) is 11.8 Å². The van der Waals surface area contributed by atoms with Crippen LogP contribution in [0.15, 0.2) is 24.3 Å². The van der Waals surface area contributed by atoms with Crippen LogP contribution in [-0.2, 0) is 9.59 Å². The number of hydrogen-bond donors (Lipinski definition) is 0. The van der Waals surface area contributed by atoms with Gasteiger partial charge in [-0.15, -0.1) is 11.8 Å². The predicted molar refractivity (Wildman–Crippen MR) is 92.9 cm³/mol. The third kappa shape index (κ3) is 3.43. The van der Waals surface area contributed by atoms with Gasteiger partial charge in [0.05, 0.1) is 5.25 Å². The molecule has 1 aliphatic heterocycles. The molecule has 2 unspecified atom stereocenters. The fourth-order valence-corrected chi connectivity index (χ4v) is 4.39. The molecule has 1 saturated carbocycles. The first-order chi connectivity index (χ1) is 11.5. The number of likely N-dealkylation sites (N-methyl/N-ethyl adjacent to an activating group) is 1. The summed E-state index contributed by atoms with van der Waals surface area (Å²) in [6, 6.07) is 6.61. The van der Waals surface area contributed by atoms with E-state index in [0.717, 1.165) is 12.8 Å². The molecule has 1 aromatic rings. The van der Waals surface area contributed by atoms with Crippen molar-refractivity contribution >= 4 is 23.6 Å². The standard InChI is InChI=1S/C18H23FN2O2S/c1-3-20(17(23)13-8-9-13)10-11-21-16(22)12(2)24-18(21)14-6-4-5-7-15(14)19/h4-7,12-13,18H,3,8-11H2,1-2H3. The first-order valence-electron chi connectivity index (χ1n) is 8.52. The van der Waals surface area contributed by atoms with Crippen LogP contribution in [0.25, 0.3) is 0 Å². The van der Waals surface area contributed by atoms with Crippen molar-refractivity contribution in [3.05, 3.63) is 35.6 Å². The first kappa shape index (κ1) is 17.3. The van der Waals surface area contributed by atoms with Crippen LogP contribution < -0.4 is 0 Å². The molecule has 3 rings (SSSR count). The van der Waals surface area contributed by atoms with Gasteiger partial charge in [0.1, 0.15) is 11.2 Å². The Morgan fingerprint density at radius 2 is 2.08 bits per heavy atom. The van der Waals surface area contributed by atoms with Crippen LogP contribution in [0.3, 0.4) is 0 Å². The first-order valence-corrected chi connectivity index (χ1v) is 9.46. The Bertz CT molecular complexity index is 635. The van der Waals surface area contributed by atoms with Crippen molar-refractivity contribution < 1.29 is 14.0 Å². The highest BCUT2D eigenvalue weighted by Crippen LogP contribution is 2.43. The van der Waals surface area contributed by atoms with Crippen molar-refractivity contribution in [2.45, 2.75) is 37.3 Å². The molecular weight excluding hydrogens is 327 g/mol. The molecule has 2 aliphatic rings. The molecule has 0 spiro atoms. The van der Waals surface area contributed by atoms with Gasteiger partial charge in [-0.25, -0.2) is 4.39 Å². The molecule has 2 amide bonds. The lowest BCUT2D eigenvalue weighted by Gasteiger charge is -2.28. The number of benzene rings is 1. The molecule has 24 heavy (non-hydrogen) atoms. The zero-order valence-corrected chi connectivity index (χ0v) is 14.9. The molecule has 2 fully saturated rings. The SMILES string of the molecule is CCN(CCN1C(=O)C(C)SC1c1ccccc1F)C(=O)C1CC1. The van der Waals surface area contributed by atoms with E-state index in [2.05, 4.69) is 0 Å². The number of carbonyl (C=O) groups is 2. The van der Waals surface area contributed by atoms with Gasteiger partial charge in [-0.2, -0.15) is 0 Å². The van der Waals surface area contributed by atoms with Crippen LogP contribution in [0.1, 0.15) is 37.6 Å². The Labute approximate surface area is 146 Å². The van der Waals surface area contributed by atoms with E-state index >= 15 is 0 Å². The quantitative estimate of drug-likeness (QED) is 0.792. The Kier molecular flexibility index (Phi) is 5.13. The van der Waals surface area contributed by atoms with E-state index in [1.807, 2.05) is 18.7 Å². The Balaban J connectivity index is 1.72. The Hall–Kier alpha value is -1.56. The average molecular weight is 350 g/mol. The lowest BCUT2D eigenvalue weighted by molar-refractivity contribution is -0.135.